The summed E-state index contributed by atoms with van der Waals surface area (Å²) >= 11 is 0. The summed E-state index contributed by atoms with van der Waals surface area (Å²) in [7, 11) is 0. The molecule has 0 radical (unpaired) electrons. The largest absolute Gasteiger partial charge is 0.355 e. The number of hydrogen-bond acceptors (Lipinski definition) is 5. The highest BCUT2D eigenvalue weighted by Gasteiger charge is 2.18. The number of nitrogens with one attached hydrogen (secondary N) is 2. The third kappa shape index (κ3) is 6.80. The standard InChI is InChI=1S/C44H41N7/c1-2-3-4-5-6-7-8-9-33-34-10-12-36(48-34)42(30-18-24-45-25-19-30)38-14-16-40(50-38)44(32-22-28-47-29-23-32)41-17-15-39(51-41)43(31-20-26-46-27-21-31)37-13-11-35(33)49-37/h10-29,48,51H,2-9H2,1H3. The molecule has 7 heteroatoms. The van der Waals surface area contributed by atoms with E-state index < -0.39 is 0 Å². The van der Waals surface area contributed by atoms with E-state index in [9.17, 15) is 0 Å². The lowest BCUT2D eigenvalue weighted by Gasteiger charge is -2.06. The quantitative estimate of drug-likeness (QED) is 0.134. The van der Waals surface area contributed by atoms with Crippen LogP contribution in [0.15, 0.2) is 97.8 Å². The van der Waals surface area contributed by atoms with Gasteiger partial charge < -0.3 is 9.97 Å². The normalized spacial score (nSPS) is 12.1. The fourth-order valence-corrected chi connectivity index (χ4v) is 7.25. The zero-order valence-corrected chi connectivity index (χ0v) is 28.9. The molecule has 6 aromatic rings. The minimum atomic E-state index is 0.875. The lowest BCUT2D eigenvalue weighted by Crippen LogP contribution is -1.93. The van der Waals surface area contributed by atoms with E-state index in [1.54, 1.807) is 0 Å². The van der Waals surface area contributed by atoms with E-state index in [1.807, 2.05) is 49.3 Å². The van der Waals surface area contributed by atoms with E-state index in [2.05, 4.69) is 105 Å². The summed E-state index contributed by atoms with van der Waals surface area (Å²) in [5, 5.41) is 0. The molecule has 0 amide bonds. The first-order valence-corrected chi connectivity index (χ1v) is 18.1. The molecule has 0 spiro atoms. The van der Waals surface area contributed by atoms with E-state index in [-0.39, 0.29) is 0 Å². The Morgan fingerprint density at radius 2 is 0.784 bits per heavy atom. The summed E-state index contributed by atoms with van der Waals surface area (Å²) in [4.78, 5) is 31.3. The highest BCUT2D eigenvalue weighted by molar-refractivity contribution is 5.97. The number of hydrogen-bond donors (Lipinski definition) is 2. The van der Waals surface area contributed by atoms with Crippen molar-refractivity contribution in [2.45, 2.75) is 58.3 Å². The highest BCUT2D eigenvalue weighted by atomic mass is 14.8. The minimum absolute atomic E-state index is 0.875. The van der Waals surface area contributed by atoms with Crippen LogP contribution in [-0.4, -0.2) is 34.9 Å². The van der Waals surface area contributed by atoms with Gasteiger partial charge in [-0.25, -0.2) is 9.97 Å². The molecule has 8 rings (SSSR count). The number of pyridine rings is 3. The second kappa shape index (κ2) is 14.9. The fraction of sp³-hybridized carbons (Fsp3) is 0.205. The summed E-state index contributed by atoms with van der Waals surface area (Å²) in [5.74, 6) is 0. The number of nitrogens with zero attached hydrogens (tertiary/aromatic N) is 5. The van der Waals surface area contributed by atoms with Crippen LogP contribution in [0.1, 0.15) is 80.2 Å². The third-order valence-electron chi connectivity index (χ3n) is 9.80. The molecule has 2 N–H and O–H groups in total. The number of aromatic amines is 2. The van der Waals surface area contributed by atoms with E-state index in [1.165, 1.54) is 44.1 Å². The van der Waals surface area contributed by atoms with Gasteiger partial charge in [0, 0.05) is 81.5 Å². The van der Waals surface area contributed by atoms with Crippen molar-refractivity contribution in [2.24, 2.45) is 0 Å². The molecule has 0 fully saturated rings. The van der Waals surface area contributed by atoms with Gasteiger partial charge in [-0.15, -0.1) is 0 Å². The van der Waals surface area contributed by atoms with E-state index in [0.717, 1.165) is 91.1 Å². The summed E-state index contributed by atoms with van der Waals surface area (Å²) in [6.45, 7) is 2.27. The molecule has 8 heterocycles. The number of unbranched alkanes of at least 4 members (excludes halogenated alkanes) is 6. The average Bonchev–Trinajstić information content (AvgIpc) is 4.01. The van der Waals surface area contributed by atoms with Crippen LogP contribution in [0.25, 0.3) is 79.8 Å². The van der Waals surface area contributed by atoms with Gasteiger partial charge in [0.25, 0.3) is 0 Å². The Kier molecular flexibility index (Phi) is 9.42. The van der Waals surface area contributed by atoms with Gasteiger partial charge >= 0.3 is 0 Å². The third-order valence-corrected chi connectivity index (χ3v) is 9.80. The van der Waals surface area contributed by atoms with Gasteiger partial charge in [-0.3, -0.25) is 15.0 Å². The predicted molar refractivity (Wildman–Crippen MR) is 210 cm³/mol. The molecule has 0 atom stereocenters. The smallest absolute Gasteiger partial charge is 0.0737 e. The fourth-order valence-electron chi connectivity index (χ4n) is 7.25. The van der Waals surface area contributed by atoms with Gasteiger partial charge in [-0.1, -0.05) is 45.4 Å². The first-order chi connectivity index (χ1) is 25.3. The second-order valence-electron chi connectivity index (χ2n) is 13.2. The molecule has 2 aliphatic rings. The Labute approximate surface area is 298 Å². The van der Waals surface area contributed by atoms with Crippen LogP contribution in [0, 0.1) is 0 Å². The van der Waals surface area contributed by atoms with Crippen molar-refractivity contribution in [1.29, 1.82) is 0 Å². The van der Waals surface area contributed by atoms with Crippen molar-refractivity contribution in [2.75, 3.05) is 0 Å². The van der Waals surface area contributed by atoms with Gasteiger partial charge in [0.05, 0.1) is 22.8 Å². The Bertz CT molecular complexity index is 2330. The lowest BCUT2D eigenvalue weighted by atomic mass is 10.0. The van der Waals surface area contributed by atoms with Gasteiger partial charge in [-0.05, 0) is 114 Å². The highest BCUT2D eigenvalue weighted by Crippen LogP contribution is 2.36. The maximum absolute atomic E-state index is 5.37. The van der Waals surface area contributed by atoms with Crippen LogP contribution in [0.4, 0.5) is 0 Å². The predicted octanol–water partition coefficient (Wildman–Crippen LogP) is 11.1. The first-order valence-electron chi connectivity index (χ1n) is 18.1. The van der Waals surface area contributed by atoms with Gasteiger partial charge in [0.15, 0.2) is 0 Å². The number of H-pyrrole nitrogens is 2. The topological polar surface area (TPSA) is 96.0 Å². The first kappa shape index (κ1) is 32.3. The van der Waals surface area contributed by atoms with E-state index in [0.29, 0.717) is 0 Å². The number of aryl methyl sites for hydroxylation is 1. The minimum Gasteiger partial charge on any atom is -0.355 e. The lowest BCUT2D eigenvalue weighted by molar-refractivity contribution is 0.589. The van der Waals surface area contributed by atoms with Crippen molar-refractivity contribution >= 4 is 46.4 Å². The van der Waals surface area contributed by atoms with Crippen LogP contribution in [0.2, 0.25) is 0 Å². The zero-order valence-electron chi connectivity index (χ0n) is 28.9. The Morgan fingerprint density at radius 1 is 0.412 bits per heavy atom. The Hall–Kier alpha value is -5.95. The monoisotopic (exact) mass is 667 g/mol. The maximum atomic E-state index is 5.37. The van der Waals surface area contributed by atoms with E-state index in [4.69, 9.17) is 9.97 Å². The van der Waals surface area contributed by atoms with Gasteiger partial charge in [0.1, 0.15) is 0 Å². The number of rotatable bonds is 11. The molecule has 51 heavy (non-hydrogen) atoms. The van der Waals surface area contributed by atoms with Crippen molar-refractivity contribution in [1.82, 2.24) is 34.9 Å². The molecule has 0 unspecified atom stereocenters. The molecule has 0 aromatic carbocycles. The van der Waals surface area contributed by atoms with Crippen LogP contribution < -0.4 is 0 Å². The average molecular weight is 668 g/mol. The summed E-state index contributed by atoms with van der Waals surface area (Å²) in [6, 6.07) is 21.0. The second-order valence-corrected chi connectivity index (χ2v) is 13.2. The summed E-state index contributed by atoms with van der Waals surface area (Å²) in [6.07, 6.45) is 29.3. The molecular weight excluding hydrogens is 627 g/mol. The molecule has 2 aliphatic heterocycles. The van der Waals surface area contributed by atoms with Crippen LogP contribution >= 0.6 is 0 Å². The number of fused-ring (bicyclic) bond motifs is 8. The van der Waals surface area contributed by atoms with Gasteiger partial charge in [0.2, 0.25) is 0 Å². The molecular formula is C44H41N7. The van der Waals surface area contributed by atoms with Crippen LogP contribution in [-0.2, 0) is 6.42 Å². The molecule has 7 nitrogen and oxygen atoms in total. The SMILES string of the molecule is CCCCCCCCCc1c2nc(c(-c3ccncc3)c3ccc([nH]3)c(-c3ccncc3)c3nc(c(-c4ccncc4)c4ccc1[nH]4)C=C3)C=C2. The van der Waals surface area contributed by atoms with E-state index >= 15 is 0 Å². The molecule has 0 aliphatic carbocycles. The van der Waals surface area contributed by atoms with Gasteiger partial charge in [-0.2, -0.15) is 0 Å². The molecule has 8 bridgehead atoms. The summed E-state index contributed by atoms with van der Waals surface area (Å²) < 4.78 is 0. The van der Waals surface area contributed by atoms with Crippen molar-refractivity contribution in [3.63, 3.8) is 0 Å². The van der Waals surface area contributed by atoms with Crippen molar-refractivity contribution in [3.8, 4) is 33.4 Å². The number of aromatic nitrogens is 7. The molecule has 0 saturated carbocycles. The molecule has 252 valence electrons. The molecule has 0 saturated heterocycles. The van der Waals surface area contributed by atoms with Crippen LogP contribution in [0.5, 0.6) is 0 Å². The maximum Gasteiger partial charge on any atom is 0.0737 e. The Balaban J connectivity index is 1.42. The Morgan fingerprint density at radius 3 is 1.25 bits per heavy atom. The molecule has 6 aromatic heterocycles. The van der Waals surface area contributed by atoms with Crippen molar-refractivity contribution in [3.05, 3.63) is 126 Å². The van der Waals surface area contributed by atoms with Crippen molar-refractivity contribution < 1.29 is 0 Å². The van der Waals surface area contributed by atoms with Crippen LogP contribution in [0.3, 0.4) is 0 Å². The summed E-state index contributed by atoms with van der Waals surface area (Å²) in [5.41, 5.74) is 15.1. The zero-order chi connectivity index (χ0) is 34.4.